The lowest BCUT2D eigenvalue weighted by molar-refractivity contribution is 0.172. The topological polar surface area (TPSA) is 26.3 Å². The van der Waals surface area contributed by atoms with Gasteiger partial charge in [-0.25, -0.2) is 4.79 Å². The summed E-state index contributed by atoms with van der Waals surface area (Å²) < 4.78 is 4.81. The smallest absolute Gasteiger partial charge is 0.403 e. The van der Waals surface area contributed by atoms with E-state index in [4.69, 9.17) is 16.3 Å². The molecule has 0 aromatic heterocycles. The molecule has 0 spiro atoms. The number of aryl methyl sites for hydroxylation is 1. The van der Waals surface area contributed by atoms with Gasteiger partial charge in [-0.15, -0.1) is 0 Å². The number of rotatable bonds is 4. The van der Waals surface area contributed by atoms with E-state index in [2.05, 4.69) is 54.6 Å². The van der Waals surface area contributed by atoms with E-state index >= 15 is 0 Å². The molecule has 0 aliphatic carbocycles. The van der Waals surface area contributed by atoms with Gasteiger partial charge in [0.25, 0.3) is 0 Å². The van der Waals surface area contributed by atoms with Gasteiger partial charge < -0.3 is 4.74 Å². The van der Waals surface area contributed by atoms with Crippen molar-refractivity contribution in [3.05, 3.63) is 60.2 Å². The quantitative estimate of drug-likeness (QED) is 0.371. The summed E-state index contributed by atoms with van der Waals surface area (Å²) in [5.74, 6) is 0. The summed E-state index contributed by atoms with van der Waals surface area (Å²) in [5.41, 5.74) is 0.562. The second kappa shape index (κ2) is 6.15. The average Bonchev–Trinajstić information content (AvgIpc) is 2.50. The third-order valence-corrected chi connectivity index (χ3v) is 3.78. The highest BCUT2D eigenvalue weighted by molar-refractivity contribution is 6.61. The normalized spacial score (nSPS) is 10.9. The van der Waals surface area contributed by atoms with Crippen molar-refractivity contribution in [2.24, 2.45) is 0 Å². The van der Waals surface area contributed by atoms with Crippen LogP contribution >= 0.6 is 11.6 Å². The van der Waals surface area contributed by atoms with Crippen LogP contribution in [0.5, 0.6) is 0 Å². The Balaban J connectivity index is 2.01. The van der Waals surface area contributed by atoms with Crippen molar-refractivity contribution in [2.75, 3.05) is 6.61 Å². The van der Waals surface area contributed by atoms with Crippen molar-refractivity contribution < 1.29 is 9.53 Å². The van der Waals surface area contributed by atoms with Gasteiger partial charge in [-0.1, -0.05) is 48.5 Å². The molecule has 3 rings (SSSR count). The molecule has 0 saturated heterocycles. The first kappa shape index (κ1) is 13.9. The molecule has 0 fully saturated rings. The molecule has 21 heavy (non-hydrogen) atoms. The molecule has 0 amide bonds. The van der Waals surface area contributed by atoms with E-state index in [1.54, 1.807) is 0 Å². The van der Waals surface area contributed by atoms with Crippen molar-refractivity contribution in [3.63, 3.8) is 0 Å². The number of ether oxygens (including phenoxy) is 1. The standard InChI is InChI=1S/C18H15ClO2/c19-18(20)21-11-5-10-17-15-8-3-1-6-13(15)12-14-7-2-4-9-16(14)17/h1-4,6-9,12H,5,10-11H2. The lowest BCUT2D eigenvalue weighted by Gasteiger charge is -2.11. The van der Waals surface area contributed by atoms with Crippen molar-refractivity contribution in [2.45, 2.75) is 12.8 Å². The third kappa shape index (κ3) is 3.01. The molecule has 3 aromatic rings. The number of hydrogen-bond acceptors (Lipinski definition) is 2. The number of fused-ring (bicyclic) bond motifs is 2. The minimum absolute atomic E-state index is 0.347. The fraction of sp³-hybridized carbons (Fsp3) is 0.167. The summed E-state index contributed by atoms with van der Waals surface area (Å²) in [4.78, 5) is 10.6. The van der Waals surface area contributed by atoms with Crippen molar-refractivity contribution in [3.8, 4) is 0 Å². The number of carbonyl (C=O) groups excluding carboxylic acids is 1. The second-order valence-electron chi connectivity index (χ2n) is 4.99. The zero-order valence-corrected chi connectivity index (χ0v) is 12.3. The SMILES string of the molecule is O=C(Cl)OCCCc1c2ccccc2cc2ccccc12. The predicted octanol–water partition coefficient (Wildman–Crippen LogP) is 5.30. The zero-order chi connectivity index (χ0) is 14.7. The summed E-state index contributed by atoms with van der Waals surface area (Å²) in [6.45, 7) is 0.347. The van der Waals surface area contributed by atoms with Crippen molar-refractivity contribution in [1.82, 2.24) is 0 Å². The molecular weight excluding hydrogens is 284 g/mol. The first-order valence-electron chi connectivity index (χ1n) is 6.97. The van der Waals surface area contributed by atoms with Crippen molar-refractivity contribution >= 4 is 38.6 Å². The molecule has 3 heteroatoms. The summed E-state index contributed by atoms with van der Waals surface area (Å²) in [6, 6.07) is 19.0. The highest BCUT2D eigenvalue weighted by Crippen LogP contribution is 2.29. The molecule has 0 aliphatic rings. The van der Waals surface area contributed by atoms with Gasteiger partial charge in [0.2, 0.25) is 0 Å². The fourth-order valence-corrected chi connectivity index (χ4v) is 2.86. The number of carbonyl (C=O) groups is 1. The van der Waals surface area contributed by atoms with E-state index < -0.39 is 5.43 Å². The van der Waals surface area contributed by atoms with Crippen LogP contribution in [0.2, 0.25) is 0 Å². The Labute approximate surface area is 128 Å². The van der Waals surface area contributed by atoms with E-state index in [9.17, 15) is 4.79 Å². The number of halogens is 1. The van der Waals surface area contributed by atoms with Gasteiger partial charge >= 0.3 is 5.43 Å². The molecule has 0 unspecified atom stereocenters. The van der Waals surface area contributed by atoms with Gasteiger partial charge in [-0.3, -0.25) is 0 Å². The summed E-state index contributed by atoms with van der Waals surface area (Å²) >= 11 is 5.19. The fourth-order valence-electron chi connectivity index (χ4n) is 2.78. The summed E-state index contributed by atoms with van der Waals surface area (Å²) in [7, 11) is 0. The predicted molar refractivity (Wildman–Crippen MR) is 87.0 cm³/mol. The Hall–Kier alpha value is -2.06. The molecule has 0 heterocycles. The number of hydrogen-bond donors (Lipinski definition) is 0. The van der Waals surface area contributed by atoms with E-state index in [-0.39, 0.29) is 0 Å². The van der Waals surface area contributed by atoms with Crippen LogP contribution in [0.1, 0.15) is 12.0 Å². The highest BCUT2D eigenvalue weighted by Gasteiger charge is 2.07. The van der Waals surface area contributed by atoms with Crippen LogP contribution < -0.4 is 0 Å². The Morgan fingerprint density at radius 1 is 0.952 bits per heavy atom. The van der Waals surface area contributed by atoms with E-state index in [0.717, 1.165) is 12.8 Å². The van der Waals surface area contributed by atoms with E-state index in [1.807, 2.05) is 0 Å². The molecular formula is C18H15ClO2. The molecule has 2 nitrogen and oxygen atoms in total. The van der Waals surface area contributed by atoms with Gasteiger partial charge in [-0.2, -0.15) is 0 Å². The third-order valence-electron chi connectivity index (χ3n) is 3.67. The van der Waals surface area contributed by atoms with Crippen LogP contribution in [0.15, 0.2) is 54.6 Å². The van der Waals surface area contributed by atoms with Crippen LogP contribution in [-0.2, 0) is 11.2 Å². The van der Waals surface area contributed by atoms with Crippen LogP contribution in [0.4, 0.5) is 4.79 Å². The van der Waals surface area contributed by atoms with Crippen LogP contribution in [0.25, 0.3) is 21.5 Å². The van der Waals surface area contributed by atoms with Gasteiger partial charge in [0, 0.05) is 11.6 Å². The van der Waals surface area contributed by atoms with Gasteiger partial charge in [0.15, 0.2) is 0 Å². The second-order valence-corrected chi connectivity index (χ2v) is 5.30. The van der Waals surface area contributed by atoms with Crippen molar-refractivity contribution in [1.29, 1.82) is 0 Å². The lowest BCUT2D eigenvalue weighted by Crippen LogP contribution is -1.99. The molecule has 3 aromatic carbocycles. The molecule has 0 bridgehead atoms. The summed E-state index contributed by atoms with van der Waals surface area (Å²) in [5, 5.41) is 4.99. The molecule has 0 saturated carbocycles. The van der Waals surface area contributed by atoms with Gasteiger partial charge in [0.05, 0.1) is 6.61 Å². The van der Waals surface area contributed by atoms with Crippen LogP contribution in [0.3, 0.4) is 0 Å². The number of benzene rings is 3. The molecule has 0 N–H and O–H groups in total. The molecule has 0 aliphatic heterocycles. The highest BCUT2D eigenvalue weighted by atomic mass is 35.5. The maximum absolute atomic E-state index is 10.6. The average molecular weight is 299 g/mol. The first-order chi connectivity index (χ1) is 10.3. The zero-order valence-electron chi connectivity index (χ0n) is 11.5. The van der Waals surface area contributed by atoms with Gasteiger partial charge in [-0.05, 0) is 46.0 Å². The van der Waals surface area contributed by atoms with Crippen LogP contribution in [-0.4, -0.2) is 12.0 Å². The summed E-state index contributed by atoms with van der Waals surface area (Å²) in [6.07, 6.45) is 1.61. The van der Waals surface area contributed by atoms with Gasteiger partial charge in [0.1, 0.15) is 0 Å². The largest absolute Gasteiger partial charge is 0.454 e. The minimum atomic E-state index is -0.738. The lowest BCUT2D eigenvalue weighted by atomic mass is 9.94. The minimum Gasteiger partial charge on any atom is -0.454 e. The first-order valence-corrected chi connectivity index (χ1v) is 7.35. The molecule has 0 atom stereocenters. The van der Waals surface area contributed by atoms with E-state index in [0.29, 0.717) is 6.61 Å². The maximum Gasteiger partial charge on any atom is 0.403 e. The molecule has 0 radical (unpaired) electrons. The Morgan fingerprint density at radius 3 is 2.10 bits per heavy atom. The Kier molecular flexibility index (Phi) is 4.07. The Morgan fingerprint density at radius 2 is 1.52 bits per heavy atom. The molecule has 106 valence electrons. The monoisotopic (exact) mass is 298 g/mol. The van der Waals surface area contributed by atoms with Crippen LogP contribution in [0, 0.1) is 0 Å². The van der Waals surface area contributed by atoms with E-state index in [1.165, 1.54) is 27.1 Å². The Bertz CT molecular complexity index is 741. The maximum atomic E-state index is 10.6.